The van der Waals surface area contributed by atoms with Gasteiger partial charge in [0.15, 0.2) is 0 Å². The first-order valence-electron chi connectivity index (χ1n) is 11.2. The topological polar surface area (TPSA) is 50.2 Å². The minimum atomic E-state index is -0.277. The SMILES string of the molecule is O=C(Nc1ccc(Cl)cc1Cl)[C@H]1CCCN(Cc2nc3ccccc3n2-c2ccc(F)cc2)C1. The van der Waals surface area contributed by atoms with Gasteiger partial charge in [-0.15, -0.1) is 0 Å². The number of amides is 1. The first-order valence-corrected chi connectivity index (χ1v) is 11.9. The molecular weight excluding hydrogens is 474 g/mol. The van der Waals surface area contributed by atoms with Crippen molar-refractivity contribution in [3.05, 3.63) is 88.4 Å². The van der Waals surface area contributed by atoms with Crippen LogP contribution >= 0.6 is 23.2 Å². The molecule has 0 saturated carbocycles. The van der Waals surface area contributed by atoms with Gasteiger partial charge in [0, 0.05) is 17.3 Å². The van der Waals surface area contributed by atoms with Crippen molar-refractivity contribution in [1.29, 1.82) is 0 Å². The zero-order valence-electron chi connectivity index (χ0n) is 18.3. The Bertz CT molecular complexity index is 1340. The number of anilines is 1. The predicted molar refractivity (Wildman–Crippen MR) is 134 cm³/mol. The summed E-state index contributed by atoms with van der Waals surface area (Å²) in [5.74, 6) is 0.361. The summed E-state index contributed by atoms with van der Waals surface area (Å²) in [6.07, 6.45) is 1.71. The number of nitrogens with one attached hydrogen (secondary N) is 1. The quantitative estimate of drug-likeness (QED) is 0.351. The first kappa shape index (κ1) is 22.8. The molecule has 1 amide bonds. The number of rotatable bonds is 5. The average molecular weight is 497 g/mol. The maximum atomic E-state index is 13.5. The smallest absolute Gasteiger partial charge is 0.228 e. The molecule has 174 valence electrons. The van der Waals surface area contributed by atoms with Gasteiger partial charge >= 0.3 is 0 Å². The van der Waals surface area contributed by atoms with E-state index in [4.69, 9.17) is 28.2 Å². The van der Waals surface area contributed by atoms with Gasteiger partial charge in [-0.3, -0.25) is 14.3 Å². The Morgan fingerprint density at radius 2 is 1.88 bits per heavy atom. The summed E-state index contributed by atoms with van der Waals surface area (Å²) in [7, 11) is 0. The number of halogens is 3. The molecule has 1 fully saturated rings. The summed E-state index contributed by atoms with van der Waals surface area (Å²) in [5.41, 5.74) is 3.26. The highest BCUT2D eigenvalue weighted by atomic mass is 35.5. The van der Waals surface area contributed by atoms with Crippen molar-refractivity contribution in [2.75, 3.05) is 18.4 Å². The van der Waals surface area contributed by atoms with Crippen molar-refractivity contribution in [2.45, 2.75) is 19.4 Å². The lowest BCUT2D eigenvalue weighted by Gasteiger charge is -2.31. The molecule has 0 bridgehead atoms. The van der Waals surface area contributed by atoms with Gasteiger partial charge in [-0.05, 0) is 74.0 Å². The maximum Gasteiger partial charge on any atom is 0.228 e. The molecule has 1 N–H and O–H groups in total. The third-order valence-corrected chi connectivity index (χ3v) is 6.69. The molecular formula is C26H23Cl2FN4O. The fourth-order valence-electron chi connectivity index (χ4n) is 4.50. The van der Waals surface area contributed by atoms with Crippen LogP contribution in [0.3, 0.4) is 0 Å². The lowest BCUT2D eigenvalue weighted by molar-refractivity contribution is -0.121. The molecule has 2 heterocycles. The highest BCUT2D eigenvalue weighted by Gasteiger charge is 2.27. The molecule has 3 aromatic carbocycles. The Labute approximate surface area is 207 Å². The van der Waals surface area contributed by atoms with Gasteiger partial charge in [-0.1, -0.05) is 35.3 Å². The molecule has 0 unspecified atom stereocenters. The molecule has 1 saturated heterocycles. The molecule has 1 aliphatic heterocycles. The van der Waals surface area contributed by atoms with Crippen LogP contribution in [0.25, 0.3) is 16.7 Å². The molecule has 4 aromatic rings. The predicted octanol–water partition coefficient (Wildman–Crippen LogP) is 6.32. The number of likely N-dealkylation sites (tertiary alicyclic amines) is 1. The number of carbonyl (C=O) groups excluding carboxylic acids is 1. The number of hydrogen-bond donors (Lipinski definition) is 1. The maximum absolute atomic E-state index is 13.5. The number of carbonyl (C=O) groups is 1. The van der Waals surface area contributed by atoms with Gasteiger partial charge in [0.25, 0.3) is 0 Å². The van der Waals surface area contributed by atoms with Crippen LogP contribution in [0, 0.1) is 11.7 Å². The molecule has 5 rings (SSSR count). The monoisotopic (exact) mass is 496 g/mol. The van der Waals surface area contributed by atoms with Crippen LogP contribution in [-0.4, -0.2) is 33.4 Å². The second-order valence-corrected chi connectivity index (χ2v) is 9.36. The van der Waals surface area contributed by atoms with Gasteiger partial charge in [-0.25, -0.2) is 9.37 Å². The molecule has 8 heteroatoms. The Morgan fingerprint density at radius 3 is 2.68 bits per heavy atom. The molecule has 5 nitrogen and oxygen atoms in total. The van der Waals surface area contributed by atoms with E-state index < -0.39 is 0 Å². The number of benzene rings is 3. The van der Waals surface area contributed by atoms with Gasteiger partial charge in [0.2, 0.25) is 5.91 Å². The lowest BCUT2D eigenvalue weighted by atomic mass is 9.97. The molecule has 0 radical (unpaired) electrons. The second-order valence-electron chi connectivity index (χ2n) is 8.52. The largest absolute Gasteiger partial charge is 0.324 e. The number of nitrogens with zero attached hydrogens (tertiary/aromatic N) is 3. The van der Waals surface area contributed by atoms with Crippen molar-refractivity contribution in [3.63, 3.8) is 0 Å². The number of fused-ring (bicyclic) bond motifs is 1. The normalized spacial score (nSPS) is 16.6. The summed E-state index contributed by atoms with van der Waals surface area (Å²) >= 11 is 12.2. The lowest BCUT2D eigenvalue weighted by Crippen LogP contribution is -2.40. The summed E-state index contributed by atoms with van der Waals surface area (Å²) in [5, 5.41) is 3.89. The summed E-state index contributed by atoms with van der Waals surface area (Å²) in [6, 6.07) is 19.4. The third kappa shape index (κ3) is 4.80. The number of aromatic nitrogens is 2. The third-order valence-electron chi connectivity index (χ3n) is 6.15. The first-order chi connectivity index (χ1) is 16.5. The van der Waals surface area contributed by atoms with E-state index in [-0.39, 0.29) is 17.6 Å². The summed E-state index contributed by atoms with van der Waals surface area (Å²) in [4.78, 5) is 20.1. The van der Waals surface area contributed by atoms with E-state index in [1.165, 1.54) is 12.1 Å². The average Bonchev–Trinajstić information content (AvgIpc) is 3.19. The molecule has 1 aromatic heterocycles. The zero-order chi connectivity index (χ0) is 23.7. The molecule has 1 aliphatic rings. The van der Waals surface area contributed by atoms with E-state index >= 15 is 0 Å². The van der Waals surface area contributed by atoms with E-state index in [1.54, 1.807) is 30.3 Å². The fourth-order valence-corrected chi connectivity index (χ4v) is 4.95. The van der Waals surface area contributed by atoms with Crippen LogP contribution in [0.2, 0.25) is 10.0 Å². The van der Waals surface area contributed by atoms with E-state index in [1.807, 2.05) is 24.3 Å². The van der Waals surface area contributed by atoms with E-state index in [0.29, 0.717) is 28.8 Å². The van der Waals surface area contributed by atoms with Crippen LogP contribution in [0.15, 0.2) is 66.7 Å². The van der Waals surface area contributed by atoms with Crippen molar-refractivity contribution in [2.24, 2.45) is 5.92 Å². The zero-order valence-corrected chi connectivity index (χ0v) is 19.9. The van der Waals surface area contributed by atoms with Crippen LogP contribution < -0.4 is 5.32 Å². The van der Waals surface area contributed by atoms with Crippen LogP contribution in [0.5, 0.6) is 0 Å². The molecule has 0 aliphatic carbocycles. The summed E-state index contributed by atoms with van der Waals surface area (Å²) in [6.45, 7) is 2.07. The van der Waals surface area contributed by atoms with Crippen LogP contribution in [-0.2, 0) is 11.3 Å². The Kier molecular flexibility index (Phi) is 6.55. The number of imidazole rings is 1. The van der Waals surface area contributed by atoms with Gasteiger partial charge in [0.1, 0.15) is 11.6 Å². The molecule has 1 atom stereocenters. The van der Waals surface area contributed by atoms with E-state index in [2.05, 4.69) is 14.8 Å². The highest BCUT2D eigenvalue weighted by Crippen LogP contribution is 2.28. The Morgan fingerprint density at radius 1 is 1.09 bits per heavy atom. The Hall–Kier alpha value is -2.93. The van der Waals surface area contributed by atoms with Crippen molar-refractivity contribution >= 4 is 45.8 Å². The standard InChI is InChI=1S/C26H23Cl2FN4O/c27-18-7-12-22(21(28)14-18)31-26(34)17-4-3-13-32(15-17)16-25-30-23-5-1-2-6-24(23)33(25)20-10-8-19(29)9-11-20/h1-2,5-12,14,17H,3-4,13,15-16H2,(H,31,34)/t17-/m0/s1. The van der Waals surface area contributed by atoms with Gasteiger partial charge in [0.05, 0.1) is 34.2 Å². The minimum Gasteiger partial charge on any atom is -0.324 e. The minimum absolute atomic E-state index is 0.0547. The number of hydrogen-bond acceptors (Lipinski definition) is 3. The second kappa shape index (κ2) is 9.74. The highest BCUT2D eigenvalue weighted by molar-refractivity contribution is 6.36. The van der Waals surface area contributed by atoms with Crippen LogP contribution in [0.1, 0.15) is 18.7 Å². The van der Waals surface area contributed by atoms with E-state index in [0.717, 1.165) is 41.9 Å². The fraction of sp³-hybridized carbons (Fsp3) is 0.231. The molecule has 34 heavy (non-hydrogen) atoms. The van der Waals surface area contributed by atoms with Crippen LogP contribution in [0.4, 0.5) is 10.1 Å². The van der Waals surface area contributed by atoms with Gasteiger partial charge in [-0.2, -0.15) is 0 Å². The number of piperidine rings is 1. The number of para-hydroxylation sites is 2. The van der Waals surface area contributed by atoms with Crippen molar-refractivity contribution in [1.82, 2.24) is 14.5 Å². The van der Waals surface area contributed by atoms with Crippen molar-refractivity contribution < 1.29 is 9.18 Å². The Balaban J connectivity index is 1.36. The summed E-state index contributed by atoms with van der Waals surface area (Å²) < 4.78 is 15.6. The van der Waals surface area contributed by atoms with Crippen molar-refractivity contribution in [3.8, 4) is 5.69 Å². The van der Waals surface area contributed by atoms with E-state index in [9.17, 15) is 9.18 Å². The molecule has 0 spiro atoms. The van der Waals surface area contributed by atoms with Gasteiger partial charge < -0.3 is 5.32 Å².